The number of piperidine rings is 2. The highest BCUT2D eigenvalue weighted by Gasteiger charge is 2.40. The summed E-state index contributed by atoms with van der Waals surface area (Å²) in [5, 5.41) is 9.68. The van der Waals surface area contributed by atoms with Crippen LogP contribution in [0.3, 0.4) is 0 Å². The van der Waals surface area contributed by atoms with Gasteiger partial charge >= 0.3 is 0 Å². The van der Waals surface area contributed by atoms with Crippen LogP contribution < -0.4 is 16.0 Å². The molecule has 0 aromatic carbocycles. The van der Waals surface area contributed by atoms with Gasteiger partial charge in [0.25, 0.3) is 0 Å². The molecule has 2 fully saturated rings. The van der Waals surface area contributed by atoms with Crippen LogP contribution in [0, 0.1) is 11.3 Å². The number of halogens is 1. The van der Waals surface area contributed by atoms with Crippen LogP contribution in [0.5, 0.6) is 0 Å². The Labute approximate surface area is 255 Å². The van der Waals surface area contributed by atoms with E-state index in [1.165, 1.54) is 37.3 Å². The quantitative estimate of drug-likeness (QED) is 0.344. The second-order valence-electron chi connectivity index (χ2n) is 12.0. The van der Waals surface area contributed by atoms with Gasteiger partial charge in [0.2, 0.25) is 16.0 Å². The smallest absolute Gasteiger partial charge is 0.232 e. The van der Waals surface area contributed by atoms with Crippen molar-refractivity contribution < 1.29 is 12.8 Å². The van der Waals surface area contributed by atoms with Crippen molar-refractivity contribution in [2.24, 2.45) is 21.3 Å². The van der Waals surface area contributed by atoms with E-state index in [1.807, 2.05) is 18.2 Å². The second-order valence-corrected chi connectivity index (χ2v) is 14.0. The predicted octanol–water partition coefficient (Wildman–Crippen LogP) is 2.83. The molecule has 0 aromatic heterocycles. The van der Waals surface area contributed by atoms with Gasteiger partial charge in [0.1, 0.15) is 18.2 Å². The van der Waals surface area contributed by atoms with E-state index in [2.05, 4.69) is 44.2 Å². The number of fused-ring (bicyclic) bond motifs is 1. The molecule has 3 N–H and O–H groups in total. The number of hydrogen-bond donors (Lipinski definition) is 3. The summed E-state index contributed by atoms with van der Waals surface area (Å²) in [6.07, 6.45) is 20.0. The summed E-state index contributed by atoms with van der Waals surface area (Å²) in [6.45, 7) is 11.3. The van der Waals surface area contributed by atoms with Gasteiger partial charge in [0, 0.05) is 25.1 Å². The summed E-state index contributed by atoms with van der Waals surface area (Å²) in [6, 6.07) is -0.263. The summed E-state index contributed by atoms with van der Waals surface area (Å²) in [5.41, 5.74) is 1.48. The first-order chi connectivity index (χ1) is 20.6. The third-order valence-corrected chi connectivity index (χ3v) is 10.6. The van der Waals surface area contributed by atoms with E-state index >= 15 is 4.39 Å². The van der Waals surface area contributed by atoms with Crippen LogP contribution in [-0.4, -0.2) is 98.7 Å². The van der Waals surface area contributed by atoms with Gasteiger partial charge in [-0.2, -0.15) is 0 Å². The fourth-order valence-electron chi connectivity index (χ4n) is 6.43. The molecule has 2 saturated heterocycles. The number of hydrogen-bond acceptors (Lipinski definition) is 9. The molecule has 0 bridgehead atoms. The summed E-state index contributed by atoms with van der Waals surface area (Å²) >= 11 is 0. The van der Waals surface area contributed by atoms with Crippen molar-refractivity contribution in [3.05, 3.63) is 72.9 Å². The predicted molar refractivity (Wildman–Crippen MR) is 171 cm³/mol. The highest BCUT2D eigenvalue weighted by molar-refractivity contribution is 7.88. The molecule has 5 rings (SSSR count). The van der Waals surface area contributed by atoms with Crippen LogP contribution in [0.15, 0.2) is 82.9 Å². The molecule has 0 radical (unpaired) electrons. The highest BCUT2D eigenvalue weighted by atomic mass is 32.2. The number of guanidine groups is 1. The number of allylic oxidation sites excluding steroid dienone is 4. The number of nitrogens with one attached hydrogen (secondary N) is 3. The van der Waals surface area contributed by atoms with Crippen LogP contribution in [0.1, 0.15) is 32.6 Å². The maximum Gasteiger partial charge on any atom is 0.232 e. The number of likely N-dealkylation sites (N-methyl/N-ethyl adjacent to an activating group) is 1. The zero-order chi connectivity index (χ0) is 30.6. The topological polar surface area (TPSA) is 105 Å². The van der Waals surface area contributed by atoms with Gasteiger partial charge in [0.05, 0.1) is 23.9 Å². The lowest BCUT2D eigenvalue weighted by atomic mass is 9.71. The molecule has 4 atom stereocenters. The Bertz CT molecular complexity index is 1360. The maximum absolute atomic E-state index is 15.5. The molecule has 5 aliphatic rings. The number of nitrogens with zero attached hydrogens (tertiary/aromatic N) is 5. The Morgan fingerprint density at radius 2 is 1.95 bits per heavy atom. The van der Waals surface area contributed by atoms with E-state index in [9.17, 15) is 8.42 Å². The first kappa shape index (κ1) is 31.2. The molecular weight excluding hydrogens is 567 g/mol. The van der Waals surface area contributed by atoms with Crippen molar-refractivity contribution in [1.82, 2.24) is 30.1 Å². The Balaban J connectivity index is 1.22. The van der Waals surface area contributed by atoms with E-state index in [0.717, 1.165) is 38.7 Å². The summed E-state index contributed by atoms with van der Waals surface area (Å²) in [7, 11) is -1.99. The number of amidine groups is 1. The standard InChI is InChI=1S/C31H45FN8O2S/c1-5-7-8-24(38(3)43(4,41)42)22-34-29-25-11-16-33-28(25)36-30(37-29)35-23-9-10-27(26(32)21-23)40-19-14-31(15-20-40)12-17-39(6-2)18-13-31/h5,7-11,16,21-22,25-27,29,34H,1,6,12-15,17-20H2,2-4H3,(H2,33,35,36,37)/b8-7-,24-22-. The first-order valence-corrected chi connectivity index (χ1v) is 17.0. The average molecular weight is 613 g/mol. The fraction of sp³-hybridized carbons (Fsp3) is 0.548. The minimum atomic E-state index is -3.48. The normalized spacial score (nSPS) is 29.5. The third kappa shape index (κ3) is 7.30. The zero-order valence-corrected chi connectivity index (χ0v) is 26.2. The van der Waals surface area contributed by atoms with E-state index < -0.39 is 22.4 Å². The van der Waals surface area contributed by atoms with Gasteiger partial charge in [-0.3, -0.25) is 9.21 Å². The monoisotopic (exact) mass is 612 g/mol. The molecule has 1 aliphatic carbocycles. The van der Waals surface area contributed by atoms with Crippen LogP contribution in [-0.2, 0) is 10.0 Å². The lowest BCUT2D eigenvalue weighted by molar-refractivity contribution is 0.0190. The van der Waals surface area contributed by atoms with Crippen LogP contribution in [0.4, 0.5) is 4.39 Å². The first-order valence-electron chi connectivity index (χ1n) is 15.2. The van der Waals surface area contributed by atoms with Gasteiger partial charge in [-0.25, -0.2) is 22.8 Å². The molecule has 4 heterocycles. The summed E-state index contributed by atoms with van der Waals surface area (Å²) in [4.78, 5) is 14.0. The van der Waals surface area contributed by atoms with Gasteiger partial charge in [-0.05, 0) is 82.1 Å². The third-order valence-electron chi connectivity index (χ3n) is 9.39. The lowest BCUT2D eigenvalue weighted by Crippen LogP contribution is -2.53. The molecule has 12 heteroatoms. The van der Waals surface area contributed by atoms with Crippen molar-refractivity contribution in [3.63, 3.8) is 0 Å². The lowest BCUT2D eigenvalue weighted by Gasteiger charge is -2.48. The summed E-state index contributed by atoms with van der Waals surface area (Å²) in [5.74, 6) is 0.968. The molecule has 43 heavy (non-hydrogen) atoms. The van der Waals surface area contributed by atoms with E-state index in [1.54, 1.807) is 36.7 Å². The summed E-state index contributed by atoms with van der Waals surface area (Å²) < 4.78 is 41.0. The maximum atomic E-state index is 15.5. The molecule has 4 unspecified atom stereocenters. The van der Waals surface area contributed by atoms with E-state index in [0.29, 0.717) is 28.6 Å². The highest BCUT2D eigenvalue weighted by Crippen LogP contribution is 2.42. The minimum Gasteiger partial charge on any atom is -0.367 e. The van der Waals surface area contributed by atoms with E-state index in [-0.39, 0.29) is 12.0 Å². The van der Waals surface area contributed by atoms with Crippen LogP contribution in [0.25, 0.3) is 0 Å². The molecule has 1 spiro atoms. The Morgan fingerprint density at radius 1 is 1.23 bits per heavy atom. The van der Waals surface area contributed by atoms with Crippen LogP contribution in [0.2, 0.25) is 0 Å². The average Bonchev–Trinajstić information content (AvgIpc) is 3.47. The van der Waals surface area contributed by atoms with Crippen molar-refractivity contribution >= 4 is 21.8 Å². The number of alkyl halides is 1. The number of aliphatic imine (C=N–C) groups is 2. The molecule has 4 aliphatic heterocycles. The fourth-order valence-corrected chi connectivity index (χ4v) is 6.93. The van der Waals surface area contributed by atoms with Crippen molar-refractivity contribution in [2.45, 2.75) is 51.0 Å². The Morgan fingerprint density at radius 3 is 2.60 bits per heavy atom. The Hall–Kier alpha value is -3.22. The minimum absolute atomic E-state index is 0.166. The van der Waals surface area contributed by atoms with Crippen molar-refractivity contribution in [1.29, 1.82) is 0 Å². The van der Waals surface area contributed by atoms with Crippen LogP contribution >= 0.6 is 0 Å². The number of sulfonamides is 1. The second kappa shape index (κ2) is 13.2. The SMILES string of the molecule is C=C/C=C\C(=C\NC1N=C(NC2=CC(F)C(N3CCC4(CCN(CC)CC4)CC3)C=C2)NC2=NC=CC21)N(C)S(C)(=O)=O. The largest absolute Gasteiger partial charge is 0.367 e. The van der Waals surface area contributed by atoms with Gasteiger partial charge in [0.15, 0.2) is 0 Å². The molecule has 0 amide bonds. The van der Waals surface area contributed by atoms with E-state index in [4.69, 9.17) is 4.99 Å². The molecule has 0 saturated carbocycles. The van der Waals surface area contributed by atoms with Gasteiger partial charge in [-0.15, -0.1) is 0 Å². The number of likely N-dealkylation sites (tertiary alicyclic amines) is 2. The molecule has 234 valence electrons. The molecular formula is C31H45FN8O2S. The molecule has 0 aromatic rings. The zero-order valence-electron chi connectivity index (χ0n) is 25.4. The van der Waals surface area contributed by atoms with Crippen molar-refractivity contribution in [2.75, 3.05) is 46.0 Å². The van der Waals surface area contributed by atoms with Gasteiger partial charge in [-0.1, -0.05) is 37.8 Å². The Kier molecular flexibility index (Phi) is 9.57. The van der Waals surface area contributed by atoms with Gasteiger partial charge < -0.3 is 20.9 Å². The number of rotatable bonds is 9. The molecule has 10 nitrogen and oxygen atoms in total. The van der Waals surface area contributed by atoms with Crippen molar-refractivity contribution in [3.8, 4) is 0 Å².